The number of thiocarbonyl (C=S) groups is 1. The zero-order chi connectivity index (χ0) is 12.3. The third kappa shape index (κ3) is 3.22. The van der Waals surface area contributed by atoms with E-state index in [1.807, 2.05) is 0 Å². The molecular formula is C7H12N4O3S2. The zero-order valence-corrected chi connectivity index (χ0v) is 10.4. The summed E-state index contributed by atoms with van der Waals surface area (Å²) in [5.74, 6) is 0.632. The molecule has 1 unspecified atom stereocenters. The molecule has 0 aromatic carbocycles. The first kappa shape index (κ1) is 13.0. The van der Waals surface area contributed by atoms with E-state index in [0.29, 0.717) is 5.89 Å². The molecule has 0 fully saturated rings. The van der Waals surface area contributed by atoms with Gasteiger partial charge in [0.1, 0.15) is 5.25 Å². The average Bonchev–Trinajstić information content (AvgIpc) is 2.60. The maximum atomic E-state index is 11.6. The van der Waals surface area contributed by atoms with Gasteiger partial charge in [0, 0.05) is 6.92 Å². The second-order valence-electron chi connectivity index (χ2n) is 3.14. The van der Waals surface area contributed by atoms with Crippen LogP contribution in [0.4, 0.5) is 0 Å². The van der Waals surface area contributed by atoms with Gasteiger partial charge in [0.25, 0.3) is 0 Å². The molecule has 0 aliphatic rings. The highest BCUT2D eigenvalue weighted by Gasteiger charge is 2.23. The van der Waals surface area contributed by atoms with Gasteiger partial charge in [-0.2, -0.15) is 4.98 Å². The summed E-state index contributed by atoms with van der Waals surface area (Å²) in [6.45, 7) is 2.97. The number of aromatic nitrogens is 2. The molecule has 1 aromatic heterocycles. The maximum Gasteiger partial charge on any atom is 0.223 e. The van der Waals surface area contributed by atoms with Crippen molar-refractivity contribution in [1.29, 1.82) is 0 Å². The molecule has 0 aliphatic heterocycles. The smallest absolute Gasteiger partial charge is 0.223 e. The molecule has 0 saturated heterocycles. The number of rotatable bonds is 5. The van der Waals surface area contributed by atoms with Crippen molar-refractivity contribution >= 4 is 27.2 Å². The third-order valence-electron chi connectivity index (χ3n) is 1.87. The van der Waals surface area contributed by atoms with Gasteiger partial charge in [0.05, 0.1) is 11.5 Å². The predicted molar refractivity (Wildman–Crippen MR) is 61.0 cm³/mol. The summed E-state index contributed by atoms with van der Waals surface area (Å²) < 4.78 is 30.2. The van der Waals surface area contributed by atoms with Crippen LogP contribution in [0.15, 0.2) is 4.52 Å². The van der Waals surface area contributed by atoms with Crippen molar-refractivity contribution in [2.24, 2.45) is 5.73 Å². The topological polar surface area (TPSA) is 111 Å². The van der Waals surface area contributed by atoms with Gasteiger partial charge in [-0.25, -0.2) is 13.1 Å². The second kappa shape index (κ2) is 4.85. The standard InChI is InChI=1S/C7H12N4O3S2/c1-4(7(8)15)16(12,13)9-3-6-10-5(2)14-11-6/h4,9H,3H2,1-2H3,(H2,8,15). The van der Waals surface area contributed by atoms with Crippen molar-refractivity contribution in [1.82, 2.24) is 14.9 Å². The van der Waals surface area contributed by atoms with E-state index in [9.17, 15) is 8.42 Å². The number of hydrogen-bond donors (Lipinski definition) is 2. The molecule has 7 nitrogen and oxygen atoms in total. The molecule has 0 saturated carbocycles. The van der Waals surface area contributed by atoms with Crippen LogP contribution in [0.5, 0.6) is 0 Å². The molecule has 16 heavy (non-hydrogen) atoms. The number of nitrogens with zero attached hydrogens (tertiary/aromatic N) is 2. The Balaban J connectivity index is 2.65. The van der Waals surface area contributed by atoms with Crippen molar-refractivity contribution in [3.05, 3.63) is 11.7 Å². The number of sulfonamides is 1. The quantitative estimate of drug-likeness (QED) is 0.688. The Labute approximate surface area is 98.5 Å². The third-order valence-corrected chi connectivity index (χ3v) is 4.10. The SMILES string of the molecule is Cc1nc(CNS(=O)(=O)C(C)C(N)=S)no1. The van der Waals surface area contributed by atoms with Gasteiger partial charge in [0.15, 0.2) is 5.82 Å². The van der Waals surface area contributed by atoms with Gasteiger partial charge in [-0.1, -0.05) is 17.4 Å². The monoisotopic (exact) mass is 264 g/mol. The second-order valence-corrected chi connectivity index (χ2v) is 5.70. The van der Waals surface area contributed by atoms with Crippen molar-refractivity contribution in [3.63, 3.8) is 0 Å². The van der Waals surface area contributed by atoms with Crippen LogP contribution in [-0.4, -0.2) is 28.8 Å². The van der Waals surface area contributed by atoms with E-state index in [-0.39, 0.29) is 17.4 Å². The minimum absolute atomic E-state index is 0.0490. The first-order chi connectivity index (χ1) is 7.33. The summed E-state index contributed by atoms with van der Waals surface area (Å²) in [7, 11) is -3.59. The van der Waals surface area contributed by atoms with Crippen molar-refractivity contribution in [2.75, 3.05) is 0 Å². The first-order valence-electron chi connectivity index (χ1n) is 4.40. The zero-order valence-electron chi connectivity index (χ0n) is 8.80. The molecule has 0 amide bonds. The lowest BCUT2D eigenvalue weighted by Gasteiger charge is -2.10. The number of aryl methyl sites for hydroxylation is 1. The highest BCUT2D eigenvalue weighted by atomic mass is 32.2. The lowest BCUT2D eigenvalue weighted by molar-refractivity contribution is 0.387. The number of nitrogens with two attached hydrogens (primary N) is 1. The summed E-state index contributed by atoms with van der Waals surface area (Å²) in [4.78, 5) is 3.76. The fraction of sp³-hybridized carbons (Fsp3) is 0.571. The predicted octanol–water partition coefficient (Wildman–Crippen LogP) is -0.528. The summed E-state index contributed by atoms with van der Waals surface area (Å²) in [6, 6.07) is 0. The molecule has 0 aliphatic carbocycles. The fourth-order valence-corrected chi connectivity index (χ4v) is 2.12. The van der Waals surface area contributed by atoms with Crippen LogP contribution in [0.1, 0.15) is 18.6 Å². The lowest BCUT2D eigenvalue weighted by atomic mass is 10.5. The first-order valence-corrected chi connectivity index (χ1v) is 6.35. The van der Waals surface area contributed by atoms with E-state index in [1.54, 1.807) is 6.92 Å². The summed E-state index contributed by atoms with van der Waals surface area (Å²) in [5, 5.41) is 2.61. The van der Waals surface area contributed by atoms with E-state index < -0.39 is 15.3 Å². The van der Waals surface area contributed by atoms with Crippen LogP contribution in [0.3, 0.4) is 0 Å². The van der Waals surface area contributed by atoms with E-state index in [2.05, 4.69) is 27.1 Å². The van der Waals surface area contributed by atoms with E-state index >= 15 is 0 Å². The maximum absolute atomic E-state index is 11.6. The van der Waals surface area contributed by atoms with Crippen LogP contribution in [-0.2, 0) is 16.6 Å². The molecule has 3 N–H and O–H groups in total. The van der Waals surface area contributed by atoms with E-state index in [4.69, 9.17) is 10.3 Å². The molecule has 1 rings (SSSR count). The van der Waals surface area contributed by atoms with Crippen molar-refractivity contribution in [2.45, 2.75) is 25.6 Å². The minimum Gasteiger partial charge on any atom is -0.392 e. The molecular weight excluding hydrogens is 252 g/mol. The largest absolute Gasteiger partial charge is 0.392 e. The van der Waals surface area contributed by atoms with Crippen LogP contribution in [0, 0.1) is 6.92 Å². The fourth-order valence-electron chi connectivity index (χ4n) is 0.856. The Morgan fingerprint density at radius 2 is 2.31 bits per heavy atom. The van der Waals surface area contributed by atoms with Crippen LogP contribution < -0.4 is 10.5 Å². The average molecular weight is 264 g/mol. The Morgan fingerprint density at radius 1 is 1.69 bits per heavy atom. The molecule has 90 valence electrons. The highest BCUT2D eigenvalue weighted by Crippen LogP contribution is 2.01. The Kier molecular flexibility index (Phi) is 3.94. The van der Waals surface area contributed by atoms with Crippen molar-refractivity contribution < 1.29 is 12.9 Å². The van der Waals surface area contributed by atoms with Gasteiger partial charge < -0.3 is 10.3 Å². The summed E-state index contributed by atoms with van der Waals surface area (Å²) in [5.41, 5.74) is 5.26. The summed E-state index contributed by atoms with van der Waals surface area (Å²) >= 11 is 4.61. The molecule has 1 atom stereocenters. The lowest BCUT2D eigenvalue weighted by Crippen LogP contribution is -2.39. The van der Waals surface area contributed by atoms with Gasteiger partial charge in [-0.3, -0.25) is 0 Å². The summed E-state index contributed by atoms with van der Waals surface area (Å²) in [6.07, 6.45) is 0. The van der Waals surface area contributed by atoms with E-state index in [0.717, 1.165) is 0 Å². The Hall–Kier alpha value is -1.06. The number of hydrogen-bond acceptors (Lipinski definition) is 6. The molecule has 1 aromatic rings. The molecule has 0 bridgehead atoms. The molecule has 0 spiro atoms. The van der Waals surface area contributed by atoms with Gasteiger partial charge in [0.2, 0.25) is 15.9 Å². The van der Waals surface area contributed by atoms with Gasteiger partial charge in [-0.05, 0) is 6.92 Å². The van der Waals surface area contributed by atoms with E-state index in [1.165, 1.54) is 6.92 Å². The Morgan fingerprint density at radius 3 is 2.75 bits per heavy atom. The minimum atomic E-state index is -3.59. The van der Waals surface area contributed by atoms with Crippen LogP contribution >= 0.6 is 12.2 Å². The highest BCUT2D eigenvalue weighted by molar-refractivity contribution is 7.93. The van der Waals surface area contributed by atoms with Gasteiger partial charge >= 0.3 is 0 Å². The molecule has 1 heterocycles. The van der Waals surface area contributed by atoms with Gasteiger partial charge in [-0.15, -0.1) is 0 Å². The molecule has 0 radical (unpaired) electrons. The number of nitrogens with one attached hydrogen (secondary N) is 1. The molecule has 9 heteroatoms. The Bertz CT molecular complexity index is 482. The normalized spacial score (nSPS) is 13.6. The van der Waals surface area contributed by atoms with Crippen LogP contribution in [0.2, 0.25) is 0 Å². The van der Waals surface area contributed by atoms with Crippen molar-refractivity contribution in [3.8, 4) is 0 Å². The van der Waals surface area contributed by atoms with Crippen LogP contribution in [0.25, 0.3) is 0 Å².